The maximum atomic E-state index is 11.5. The van der Waals surface area contributed by atoms with Gasteiger partial charge in [0.05, 0.1) is 31.8 Å². The molecular formula is C15H21NO4. The van der Waals surface area contributed by atoms with Gasteiger partial charge in [-0.05, 0) is 18.4 Å². The third-order valence-electron chi connectivity index (χ3n) is 3.70. The lowest BCUT2D eigenvalue weighted by atomic mass is 9.82. The molecular weight excluding hydrogens is 258 g/mol. The van der Waals surface area contributed by atoms with Crippen LogP contribution in [-0.4, -0.2) is 36.4 Å². The van der Waals surface area contributed by atoms with Crippen LogP contribution < -0.4 is 5.73 Å². The van der Waals surface area contributed by atoms with Crippen LogP contribution in [0.5, 0.6) is 0 Å². The molecule has 0 aromatic heterocycles. The van der Waals surface area contributed by atoms with Gasteiger partial charge in [0.1, 0.15) is 0 Å². The second kappa shape index (κ2) is 6.83. The Morgan fingerprint density at radius 1 is 1.35 bits per heavy atom. The van der Waals surface area contributed by atoms with Gasteiger partial charge in [0, 0.05) is 6.04 Å². The van der Waals surface area contributed by atoms with Gasteiger partial charge in [0.2, 0.25) is 0 Å². The molecule has 1 aliphatic carbocycles. The van der Waals surface area contributed by atoms with Gasteiger partial charge in [0.25, 0.3) is 0 Å². The molecule has 20 heavy (non-hydrogen) atoms. The molecule has 0 amide bonds. The first kappa shape index (κ1) is 15.0. The van der Waals surface area contributed by atoms with Crippen molar-refractivity contribution < 1.29 is 19.4 Å². The van der Waals surface area contributed by atoms with Gasteiger partial charge in [-0.15, -0.1) is 0 Å². The van der Waals surface area contributed by atoms with Crippen molar-refractivity contribution in [3.05, 3.63) is 35.9 Å². The summed E-state index contributed by atoms with van der Waals surface area (Å²) in [6.45, 7) is 0.402. The Labute approximate surface area is 118 Å². The highest BCUT2D eigenvalue weighted by molar-refractivity contribution is 5.72. The van der Waals surface area contributed by atoms with E-state index in [4.69, 9.17) is 15.2 Å². The summed E-state index contributed by atoms with van der Waals surface area (Å²) in [7, 11) is 1.35. The summed E-state index contributed by atoms with van der Waals surface area (Å²) in [5.41, 5.74) is 7.05. The number of rotatable bonds is 4. The van der Waals surface area contributed by atoms with E-state index in [2.05, 4.69) is 0 Å². The predicted molar refractivity (Wildman–Crippen MR) is 73.7 cm³/mol. The lowest BCUT2D eigenvalue weighted by Crippen LogP contribution is -2.51. The first-order valence-corrected chi connectivity index (χ1v) is 6.78. The van der Waals surface area contributed by atoms with Crippen LogP contribution in [0.4, 0.5) is 0 Å². The molecule has 2 rings (SSSR count). The van der Waals surface area contributed by atoms with Crippen LogP contribution in [0.2, 0.25) is 0 Å². The molecule has 5 heteroatoms. The molecule has 0 saturated heterocycles. The molecule has 1 aromatic carbocycles. The Kier molecular flexibility index (Phi) is 5.11. The molecule has 5 nitrogen and oxygen atoms in total. The van der Waals surface area contributed by atoms with Crippen LogP contribution in [0.15, 0.2) is 30.3 Å². The van der Waals surface area contributed by atoms with Crippen molar-refractivity contribution in [2.45, 2.75) is 37.7 Å². The van der Waals surface area contributed by atoms with E-state index in [-0.39, 0.29) is 17.9 Å². The molecule has 4 atom stereocenters. The zero-order chi connectivity index (χ0) is 14.5. The highest BCUT2D eigenvalue weighted by Crippen LogP contribution is 2.27. The molecule has 0 bridgehead atoms. The lowest BCUT2D eigenvalue weighted by Gasteiger charge is -2.36. The smallest absolute Gasteiger partial charge is 0.308 e. The molecule has 1 aliphatic rings. The fourth-order valence-corrected chi connectivity index (χ4v) is 2.63. The minimum atomic E-state index is -0.744. The Balaban J connectivity index is 1.91. The first-order valence-electron chi connectivity index (χ1n) is 6.78. The van der Waals surface area contributed by atoms with Crippen LogP contribution in [-0.2, 0) is 20.9 Å². The number of aliphatic hydroxyl groups excluding tert-OH is 1. The standard InChI is InChI=1S/C15H21NO4/c1-19-15(18)11-7-12(16)14(13(17)8-11)20-9-10-5-3-2-4-6-10/h2-6,11-14,17H,7-9,16H2,1H3. The summed E-state index contributed by atoms with van der Waals surface area (Å²) in [6.07, 6.45) is -0.383. The third-order valence-corrected chi connectivity index (χ3v) is 3.70. The number of carbonyl (C=O) groups excluding carboxylic acids is 1. The van der Waals surface area contributed by atoms with Crippen LogP contribution in [0.25, 0.3) is 0 Å². The average Bonchev–Trinajstić information content (AvgIpc) is 2.46. The zero-order valence-corrected chi connectivity index (χ0v) is 11.6. The van der Waals surface area contributed by atoms with Crippen LogP contribution >= 0.6 is 0 Å². The van der Waals surface area contributed by atoms with Gasteiger partial charge in [0.15, 0.2) is 0 Å². The summed E-state index contributed by atoms with van der Waals surface area (Å²) >= 11 is 0. The first-order chi connectivity index (χ1) is 9.61. The van der Waals surface area contributed by atoms with Gasteiger partial charge in [-0.25, -0.2) is 0 Å². The fourth-order valence-electron chi connectivity index (χ4n) is 2.63. The van der Waals surface area contributed by atoms with Gasteiger partial charge in [-0.1, -0.05) is 30.3 Å². The number of carbonyl (C=O) groups is 1. The van der Waals surface area contributed by atoms with Gasteiger partial charge >= 0.3 is 5.97 Å². The summed E-state index contributed by atoms with van der Waals surface area (Å²) in [5.74, 6) is -0.664. The van der Waals surface area contributed by atoms with E-state index in [1.54, 1.807) is 0 Å². The van der Waals surface area contributed by atoms with E-state index in [1.807, 2.05) is 30.3 Å². The van der Waals surface area contributed by atoms with Crippen molar-refractivity contribution in [2.24, 2.45) is 11.7 Å². The van der Waals surface area contributed by atoms with Gasteiger partial charge < -0.3 is 20.3 Å². The van der Waals surface area contributed by atoms with Crippen molar-refractivity contribution in [3.8, 4) is 0 Å². The number of aliphatic hydroxyl groups is 1. The quantitative estimate of drug-likeness (QED) is 0.798. The molecule has 1 saturated carbocycles. The van der Waals surface area contributed by atoms with E-state index >= 15 is 0 Å². The van der Waals surface area contributed by atoms with Crippen LogP contribution in [0.3, 0.4) is 0 Å². The Morgan fingerprint density at radius 2 is 2.05 bits per heavy atom. The number of hydrogen-bond acceptors (Lipinski definition) is 5. The van der Waals surface area contributed by atoms with Crippen LogP contribution in [0.1, 0.15) is 18.4 Å². The fraction of sp³-hybridized carbons (Fsp3) is 0.533. The minimum absolute atomic E-state index is 0.319. The highest BCUT2D eigenvalue weighted by atomic mass is 16.5. The number of ether oxygens (including phenoxy) is 2. The van der Waals surface area contributed by atoms with E-state index in [9.17, 15) is 9.90 Å². The number of nitrogens with two attached hydrogens (primary N) is 1. The van der Waals surface area contributed by atoms with Gasteiger partial charge in [-0.3, -0.25) is 4.79 Å². The van der Waals surface area contributed by atoms with Crippen molar-refractivity contribution >= 4 is 5.97 Å². The molecule has 0 spiro atoms. The number of hydrogen-bond donors (Lipinski definition) is 2. The molecule has 3 N–H and O–H groups in total. The maximum Gasteiger partial charge on any atom is 0.308 e. The highest BCUT2D eigenvalue weighted by Gasteiger charge is 2.39. The van der Waals surface area contributed by atoms with E-state index in [0.29, 0.717) is 19.4 Å². The van der Waals surface area contributed by atoms with Gasteiger partial charge in [-0.2, -0.15) is 0 Å². The summed E-state index contributed by atoms with van der Waals surface area (Å²) in [6, 6.07) is 9.35. The molecule has 0 heterocycles. The molecule has 1 fully saturated rings. The topological polar surface area (TPSA) is 81.8 Å². The molecule has 4 unspecified atom stereocenters. The van der Waals surface area contributed by atoms with Crippen molar-refractivity contribution in [1.29, 1.82) is 0 Å². The summed E-state index contributed by atoms with van der Waals surface area (Å²) < 4.78 is 10.4. The normalized spacial score (nSPS) is 29.9. The SMILES string of the molecule is COC(=O)C1CC(N)C(OCc2ccccc2)C(O)C1. The Hall–Kier alpha value is -1.43. The molecule has 110 valence electrons. The summed E-state index contributed by atoms with van der Waals surface area (Å²) in [4.78, 5) is 11.5. The number of benzene rings is 1. The van der Waals surface area contributed by atoms with E-state index < -0.39 is 12.2 Å². The minimum Gasteiger partial charge on any atom is -0.469 e. The molecule has 0 aliphatic heterocycles. The monoisotopic (exact) mass is 279 g/mol. The molecule has 0 radical (unpaired) electrons. The molecule has 1 aromatic rings. The second-order valence-electron chi connectivity index (χ2n) is 5.18. The lowest BCUT2D eigenvalue weighted by molar-refractivity contribution is -0.153. The van der Waals surface area contributed by atoms with E-state index in [1.165, 1.54) is 7.11 Å². The Morgan fingerprint density at radius 3 is 2.65 bits per heavy atom. The predicted octanol–water partition coefficient (Wildman–Crippen LogP) is 0.843. The maximum absolute atomic E-state index is 11.5. The third kappa shape index (κ3) is 3.56. The second-order valence-corrected chi connectivity index (χ2v) is 5.18. The summed E-state index contributed by atoms with van der Waals surface area (Å²) in [5, 5.41) is 10.1. The zero-order valence-electron chi connectivity index (χ0n) is 11.6. The van der Waals surface area contributed by atoms with Crippen LogP contribution in [0, 0.1) is 5.92 Å². The average molecular weight is 279 g/mol. The van der Waals surface area contributed by atoms with Crippen molar-refractivity contribution in [2.75, 3.05) is 7.11 Å². The Bertz CT molecular complexity index is 425. The number of esters is 1. The largest absolute Gasteiger partial charge is 0.469 e. The van der Waals surface area contributed by atoms with Crippen molar-refractivity contribution in [3.63, 3.8) is 0 Å². The number of methoxy groups -OCH3 is 1. The van der Waals surface area contributed by atoms with E-state index in [0.717, 1.165) is 5.56 Å². The van der Waals surface area contributed by atoms with Crippen molar-refractivity contribution in [1.82, 2.24) is 0 Å².